The first-order valence-corrected chi connectivity index (χ1v) is 12.6. The van der Waals surface area contributed by atoms with Crippen molar-refractivity contribution >= 4 is 22.9 Å². The van der Waals surface area contributed by atoms with Crippen LogP contribution in [0.1, 0.15) is 53.9 Å². The molecule has 1 aromatic heterocycles. The molecule has 3 aromatic rings. The highest BCUT2D eigenvalue weighted by atomic mass is 16.5. The molecule has 0 bridgehead atoms. The third-order valence-corrected chi connectivity index (χ3v) is 7.42. The summed E-state index contributed by atoms with van der Waals surface area (Å²) >= 11 is 0. The second-order valence-electron chi connectivity index (χ2n) is 9.75. The summed E-state index contributed by atoms with van der Waals surface area (Å²) in [4.78, 5) is 28.4. The largest absolute Gasteiger partial charge is 0.494 e. The van der Waals surface area contributed by atoms with E-state index in [1.165, 1.54) is 4.90 Å². The standard InChI is InChI=1S/C28H33N3O4/c1-3-35-22-7-4-20(5-8-22)17-31-25-9-6-21(27(32)29-13-10-19(2)11-14-29)16-23(25)24-18-30(28(33)34)15-12-26(24)31/h4-9,16,19H,3,10-15,17-18H2,1-2H3,(H,33,34). The number of amides is 2. The zero-order valence-electron chi connectivity index (χ0n) is 20.5. The van der Waals surface area contributed by atoms with Gasteiger partial charge in [0.05, 0.1) is 13.2 Å². The Kier molecular flexibility index (Phi) is 6.41. The van der Waals surface area contributed by atoms with Crippen LogP contribution in [0.2, 0.25) is 0 Å². The van der Waals surface area contributed by atoms with E-state index in [9.17, 15) is 14.7 Å². The molecule has 5 rings (SSSR count). The SMILES string of the molecule is CCOc1ccc(Cn2c3c(c4cc(C(=O)N5CCC(C)CC5)ccc42)CN(C(=O)O)CC3)cc1. The molecular weight excluding hydrogens is 442 g/mol. The predicted molar refractivity (Wildman–Crippen MR) is 135 cm³/mol. The number of carbonyl (C=O) groups is 2. The third-order valence-electron chi connectivity index (χ3n) is 7.42. The summed E-state index contributed by atoms with van der Waals surface area (Å²) < 4.78 is 7.87. The van der Waals surface area contributed by atoms with Crippen molar-refractivity contribution in [2.45, 2.75) is 46.2 Å². The van der Waals surface area contributed by atoms with Gasteiger partial charge in [-0.3, -0.25) is 4.79 Å². The molecule has 0 aliphatic carbocycles. The van der Waals surface area contributed by atoms with E-state index in [-0.39, 0.29) is 5.91 Å². The number of piperidine rings is 1. The molecule has 0 saturated carbocycles. The Morgan fingerprint density at radius 1 is 1.03 bits per heavy atom. The molecule has 2 amide bonds. The normalized spacial score (nSPS) is 16.4. The van der Waals surface area contributed by atoms with Crippen LogP contribution in [0.5, 0.6) is 5.75 Å². The molecule has 7 heteroatoms. The second kappa shape index (κ2) is 9.64. The highest BCUT2D eigenvalue weighted by Gasteiger charge is 2.28. The van der Waals surface area contributed by atoms with Crippen molar-refractivity contribution in [1.29, 1.82) is 0 Å². The average Bonchev–Trinajstić information content (AvgIpc) is 3.17. The Labute approximate surface area is 205 Å². The predicted octanol–water partition coefficient (Wildman–Crippen LogP) is 5.00. The second-order valence-corrected chi connectivity index (χ2v) is 9.75. The van der Waals surface area contributed by atoms with Crippen molar-refractivity contribution in [2.24, 2.45) is 5.92 Å². The lowest BCUT2D eigenvalue weighted by Gasteiger charge is -2.30. The molecule has 1 saturated heterocycles. The van der Waals surface area contributed by atoms with Gasteiger partial charge in [-0.1, -0.05) is 19.1 Å². The van der Waals surface area contributed by atoms with E-state index < -0.39 is 6.09 Å². The van der Waals surface area contributed by atoms with Crippen LogP contribution in [0.4, 0.5) is 4.79 Å². The van der Waals surface area contributed by atoms with Gasteiger partial charge in [0.25, 0.3) is 5.91 Å². The first-order chi connectivity index (χ1) is 16.9. The third kappa shape index (κ3) is 4.59. The van der Waals surface area contributed by atoms with Crippen molar-refractivity contribution in [3.05, 3.63) is 64.8 Å². The summed E-state index contributed by atoms with van der Waals surface area (Å²) in [6.45, 7) is 7.92. The lowest BCUT2D eigenvalue weighted by Crippen LogP contribution is -2.37. The minimum Gasteiger partial charge on any atom is -0.494 e. The topological polar surface area (TPSA) is 75.0 Å². The molecular formula is C28H33N3O4. The lowest BCUT2D eigenvalue weighted by molar-refractivity contribution is 0.0697. The Hall–Kier alpha value is -3.48. The number of hydrogen-bond donors (Lipinski definition) is 1. The molecule has 2 aliphatic rings. The Morgan fingerprint density at radius 3 is 2.46 bits per heavy atom. The van der Waals surface area contributed by atoms with Gasteiger partial charge in [0.15, 0.2) is 0 Å². The Bertz CT molecular complexity index is 1240. The van der Waals surface area contributed by atoms with Crippen molar-refractivity contribution in [3.8, 4) is 5.75 Å². The number of ether oxygens (including phenoxy) is 1. The zero-order valence-corrected chi connectivity index (χ0v) is 20.5. The monoisotopic (exact) mass is 475 g/mol. The van der Waals surface area contributed by atoms with E-state index in [0.29, 0.717) is 44.1 Å². The van der Waals surface area contributed by atoms with Crippen molar-refractivity contribution in [2.75, 3.05) is 26.2 Å². The molecule has 3 heterocycles. The van der Waals surface area contributed by atoms with Gasteiger partial charge in [0.2, 0.25) is 0 Å². The summed E-state index contributed by atoms with van der Waals surface area (Å²) in [6.07, 6.45) is 1.82. The van der Waals surface area contributed by atoms with Crippen LogP contribution in [-0.2, 0) is 19.5 Å². The molecule has 0 spiro atoms. The van der Waals surface area contributed by atoms with Crippen LogP contribution in [0, 0.1) is 5.92 Å². The van der Waals surface area contributed by atoms with E-state index in [2.05, 4.69) is 23.6 Å². The van der Waals surface area contributed by atoms with Gasteiger partial charge in [-0.15, -0.1) is 0 Å². The first kappa shape index (κ1) is 23.3. The molecule has 0 unspecified atom stereocenters. The minimum atomic E-state index is -0.905. The van der Waals surface area contributed by atoms with Crippen molar-refractivity contribution in [3.63, 3.8) is 0 Å². The number of benzene rings is 2. The molecule has 2 aliphatic heterocycles. The molecule has 1 fully saturated rings. The van der Waals surface area contributed by atoms with Gasteiger partial charge in [0.1, 0.15) is 5.75 Å². The fourth-order valence-electron chi connectivity index (χ4n) is 5.36. The maximum atomic E-state index is 13.3. The number of aromatic nitrogens is 1. The van der Waals surface area contributed by atoms with Crippen LogP contribution in [-0.4, -0.2) is 57.7 Å². The molecule has 0 radical (unpaired) electrons. The van der Waals surface area contributed by atoms with Gasteiger partial charge in [0, 0.05) is 60.3 Å². The number of rotatable bonds is 5. The van der Waals surface area contributed by atoms with Gasteiger partial charge >= 0.3 is 6.09 Å². The zero-order chi connectivity index (χ0) is 24.5. The average molecular weight is 476 g/mol. The maximum Gasteiger partial charge on any atom is 0.407 e. The fourth-order valence-corrected chi connectivity index (χ4v) is 5.36. The van der Waals surface area contributed by atoms with Crippen LogP contribution >= 0.6 is 0 Å². The van der Waals surface area contributed by atoms with Crippen LogP contribution in [0.25, 0.3) is 10.9 Å². The fraction of sp³-hybridized carbons (Fsp3) is 0.429. The maximum absolute atomic E-state index is 13.3. The van der Waals surface area contributed by atoms with Crippen molar-refractivity contribution in [1.82, 2.24) is 14.4 Å². The van der Waals surface area contributed by atoms with Crippen LogP contribution < -0.4 is 4.74 Å². The minimum absolute atomic E-state index is 0.0673. The molecule has 184 valence electrons. The molecule has 35 heavy (non-hydrogen) atoms. The highest BCUT2D eigenvalue weighted by Crippen LogP contribution is 2.33. The summed E-state index contributed by atoms with van der Waals surface area (Å²) in [5.74, 6) is 1.58. The summed E-state index contributed by atoms with van der Waals surface area (Å²) in [7, 11) is 0. The summed E-state index contributed by atoms with van der Waals surface area (Å²) in [6, 6.07) is 14.1. The molecule has 2 aromatic carbocycles. The number of hydrogen-bond acceptors (Lipinski definition) is 3. The Balaban J connectivity index is 1.52. The van der Waals surface area contributed by atoms with Crippen LogP contribution in [0.3, 0.4) is 0 Å². The van der Waals surface area contributed by atoms with Gasteiger partial charge in [-0.2, -0.15) is 0 Å². The Morgan fingerprint density at radius 2 is 1.77 bits per heavy atom. The summed E-state index contributed by atoms with van der Waals surface area (Å²) in [5, 5.41) is 10.6. The van der Waals surface area contributed by atoms with Crippen LogP contribution in [0.15, 0.2) is 42.5 Å². The first-order valence-electron chi connectivity index (χ1n) is 12.6. The number of carboxylic acid groups (broad SMARTS) is 1. The number of carbonyl (C=O) groups excluding carboxylic acids is 1. The molecule has 0 atom stereocenters. The number of fused-ring (bicyclic) bond motifs is 3. The van der Waals surface area contributed by atoms with E-state index in [0.717, 1.165) is 59.4 Å². The number of likely N-dealkylation sites (tertiary alicyclic amines) is 1. The van der Waals surface area contributed by atoms with Gasteiger partial charge in [-0.05, 0) is 61.6 Å². The van der Waals surface area contributed by atoms with E-state index in [1.807, 2.05) is 42.2 Å². The van der Waals surface area contributed by atoms with Gasteiger partial charge in [-0.25, -0.2) is 4.79 Å². The lowest BCUT2D eigenvalue weighted by atomic mass is 9.98. The quantitative estimate of drug-likeness (QED) is 0.564. The van der Waals surface area contributed by atoms with E-state index in [4.69, 9.17) is 4.74 Å². The summed E-state index contributed by atoms with van der Waals surface area (Å²) in [5.41, 5.74) is 5.04. The van der Waals surface area contributed by atoms with E-state index >= 15 is 0 Å². The van der Waals surface area contributed by atoms with Crippen molar-refractivity contribution < 1.29 is 19.4 Å². The highest BCUT2D eigenvalue weighted by molar-refractivity contribution is 5.99. The number of nitrogens with zero attached hydrogens (tertiary/aromatic N) is 3. The van der Waals surface area contributed by atoms with Gasteiger partial charge < -0.3 is 24.2 Å². The smallest absolute Gasteiger partial charge is 0.407 e. The molecule has 1 N–H and O–H groups in total. The van der Waals surface area contributed by atoms with E-state index in [1.54, 1.807) is 0 Å². The molecule has 7 nitrogen and oxygen atoms in total.